The molecule has 2 amide bonds. The zero-order chi connectivity index (χ0) is 19.5. The van der Waals surface area contributed by atoms with Gasteiger partial charge in [0.25, 0.3) is 0 Å². The third-order valence-corrected chi connectivity index (χ3v) is 5.79. The van der Waals surface area contributed by atoms with E-state index >= 15 is 0 Å². The number of aromatic nitrogens is 2. The number of rotatable bonds is 2. The van der Waals surface area contributed by atoms with Gasteiger partial charge in [-0.15, -0.1) is 0 Å². The Morgan fingerprint density at radius 3 is 2.54 bits per heavy atom. The highest BCUT2D eigenvalue weighted by molar-refractivity contribution is 6.31. The molecule has 0 unspecified atom stereocenters. The van der Waals surface area contributed by atoms with E-state index in [9.17, 15) is 9.59 Å². The predicted octanol–water partition coefficient (Wildman–Crippen LogP) is 3.82. The Labute approximate surface area is 170 Å². The van der Waals surface area contributed by atoms with Crippen molar-refractivity contribution in [3.05, 3.63) is 75.4 Å². The van der Waals surface area contributed by atoms with Crippen LogP contribution in [0.3, 0.4) is 0 Å². The van der Waals surface area contributed by atoms with Crippen LogP contribution in [0.25, 0.3) is 0 Å². The van der Waals surface area contributed by atoms with Crippen molar-refractivity contribution >= 4 is 46.5 Å². The fourth-order valence-electron chi connectivity index (χ4n) is 4.00. The zero-order valence-electron chi connectivity index (χ0n) is 14.5. The zero-order valence-corrected chi connectivity index (χ0v) is 16.0. The van der Waals surface area contributed by atoms with Gasteiger partial charge in [0, 0.05) is 27.7 Å². The Balaban J connectivity index is 1.65. The molecule has 1 spiro atoms. The number of hydrogen-bond acceptors (Lipinski definition) is 3. The van der Waals surface area contributed by atoms with E-state index in [0.29, 0.717) is 39.2 Å². The highest BCUT2D eigenvalue weighted by atomic mass is 35.5. The molecular formula is C20H14Cl2N4O2. The average Bonchev–Trinajstić information content (AvgIpc) is 3.18. The highest BCUT2D eigenvalue weighted by Gasteiger charge is 2.54. The summed E-state index contributed by atoms with van der Waals surface area (Å²) in [6, 6.07) is 12.6. The Bertz CT molecular complexity index is 1140. The van der Waals surface area contributed by atoms with E-state index in [4.69, 9.17) is 23.2 Å². The van der Waals surface area contributed by atoms with Crippen molar-refractivity contribution in [1.82, 2.24) is 9.78 Å². The van der Waals surface area contributed by atoms with E-state index < -0.39 is 5.41 Å². The van der Waals surface area contributed by atoms with Gasteiger partial charge >= 0.3 is 0 Å². The molecule has 1 aromatic heterocycles. The summed E-state index contributed by atoms with van der Waals surface area (Å²) in [5, 5.41) is 11.4. The fraction of sp³-hybridized carbons (Fsp3) is 0.150. The lowest BCUT2D eigenvalue weighted by Crippen LogP contribution is -2.43. The SMILES string of the molecule is O=C1C[C@@]2(C(=O)Nc3ccc(Cl)cc32)c2cnn(Cc3ccc(Cl)cc3)c2N1. The molecule has 8 heteroatoms. The fourth-order valence-corrected chi connectivity index (χ4v) is 4.30. The van der Waals surface area contributed by atoms with Gasteiger partial charge in [-0.2, -0.15) is 5.10 Å². The van der Waals surface area contributed by atoms with Gasteiger partial charge in [0.1, 0.15) is 11.2 Å². The van der Waals surface area contributed by atoms with Gasteiger partial charge in [-0.3, -0.25) is 9.59 Å². The molecule has 0 saturated heterocycles. The van der Waals surface area contributed by atoms with Crippen molar-refractivity contribution < 1.29 is 9.59 Å². The molecule has 28 heavy (non-hydrogen) atoms. The largest absolute Gasteiger partial charge is 0.325 e. The van der Waals surface area contributed by atoms with Gasteiger partial charge in [-0.05, 0) is 41.5 Å². The van der Waals surface area contributed by atoms with E-state index in [0.717, 1.165) is 5.56 Å². The van der Waals surface area contributed by atoms with Gasteiger partial charge in [0.15, 0.2) is 0 Å². The van der Waals surface area contributed by atoms with Gasteiger partial charge in [-0.25, -0.2) is 4.68 Å². The number of benzene rings is 2. The van der Waals surface area contributed by atoms with Crippen LogP contribution in [0, 0.1) is 0 Å². The molecule has 1 atom stereocenters. The Kier molecular flexibility index (Phi) is 3.76. The monoisotopic (exact) mass is 412 g/mol. The quantitative estimate of drug-likeness (QED) is 0.671. The summed E-state index contributed by atoms with van der Waals surface area (Å²) >= 11 is 12.1. The molecule has 0 fully saturated rings. The number of halogens is 2. The molecule has 2 aliphatic heterocycles. The smallest absolute Gasteiger partial charge is 0.240 e. The maximum atomic E-state index is 13.0. The first kappa shape index (κ1) is 17.3. The van der Waals surface area contributed by atoms with E-state index in [1.54, 1.807) is 41.2 Å². The van der Waals surface area contributed by atoms with E-state index in [1.807, 2.05) is 12.1 Å². The van der Waals surface area contributed by atoms with Crippen LogP contribution in [-0.2, 0) is 21.5 Å². The number of nitrogens with zero attached hydrogens (tertiary/aromatic N) is 2. The van der Waals surface area contributed by atoms with Gasteiger partial charge < -0.3 is 10.6 Å². The maximum absolute atomic E-state index is 13.0. The third-order valence-electron chi connectivity index (χ3n) is 5.31. The number of carbonyl (C=O) groups excluding carboxylic acids is 2. The van der Waals surface area contributed by atoms with Crippen molar-refractivity contribution in [2.24, 2.45) is 0 Å². The number of amides is 2. The van der Waals surface area contributed by atoms with Crippen LogP contribution < -0.4 is 10.6 Å². The summed E-state index contributed by atoms with van der Waals surface area (Å²) in [4.78, 5) is 25.6. The second kappa shape index (κ2) is 6.09. The molecule has 2 aliphatic rings. The van der Waals surface area contributed by atoms with Crippen molar-refractivity contribution in [2.45, 2.75) is 18.4 Å². The molecule has 3 heterocycles. The molecule has 2 aromatic carbocycles. The third kappa shape index (κ3) is 2.45. The minimum absolute atomic E-state index is 0.00577. The second-order valence-electron chi connectivity index (χ2n) is 6.97. The van der Waals surface area contributed by atoms with E-state index in [2.05, 4.69) is 15.7 Å². The lowest BCUT2D eigenvalue weighted by Gasteiger charge is -2.31. The number of fused-ring (bicyclic) bond motifs is 4. The second-order valence-corrected chi connectivity index (χ2v) is 7.84. The van der Waals surface area contributed by atoms with Gasteiger partial charge in [0.05, 0.1) is 12.7 Å². The van der Waals surface area contributed by atoms with Gasteiger partial charge in [-0.1, -0.05) is 35.3 Å². The Morgan fingerprint density at radius 2 is 1.75 bits per heavy atom. The van der Waals surface area contributed by atoms with Crippen molar-refractivity contribution in [1.29, 1.82) is 0 Å². The first-order chi connectivity index (χ1) is 13.5. The van der Waals surface area contributed by atoms with Crippen LogP contribution >= 0.6 is 23.2 Å². The van der Waals surface area contributed by atoms with Crippen molar-refractivity contribution in [2.75, 3.05) is 10.6 Å². The molecule has 0 saturated carbocycles. The molecule has 140 valence electrons. The normalized spacial score (nSPS) is 19.9. The summed E-state index contributed by atoms with van der Waals surface area (Å²) in [7, 11) is 0. The minimum atomic E-state index is -1.13. The summed E-state index contributed by atoms with van der Waals surface area (Å²) in [6.45, 7) is 0.437. The topological polar surface area (TPSA) is 76.0 Å². The molecule has 6 nitrogen and oxygen atoms in total. The molecule has 0 aliphatic carbocycles. The number of nitrogens with one attached hydrogen (secondary N) is 2. The minimum Gasteiger partial charge on any atom is -0.325 e. The van der Waals surface area contributed by atoms with Crippen LogP contribution in [0.2, 0.25) is 10.0 Å². The molecule has 2 N–H and O–H groups in total. The van der Waals surface area contributed by atoms with Crippen LogP contribution in [0.4, 0.5) is 11.5 Å². The summed E-state index contributed by atoms with van der Waals surface area (Å²) in [6.07, 6.45) is 1.66. The molecular weight excluding hydrogens is 399 g/mol. The van der Waals surface area contributed by atoms with Crippen LogP contribution in [0.15, 0.2) is 48.7 Å². The standard InChI is InChI=1S/C20H14Cl2N4O2/c21-12-3-1-11(2-4-12)10-26-18-15(9-23-26)20(8-17(27)25-18)14-7-13(22)5-6-16(14)24-19(20)28/h1-7,9H,8,10H2,(H,24,28)(H,25,27)/t20-/m0/s1. The summed E-state index contributed by atoms with van der Waals surface area (Å²) in [5.41, 5.74) is 1.88. The van der Waals surface area contributed by atoms with E-state index in [1.165, 1.54) is 0 Å². The van der Waals surface area contributed by atoms with Crippen LogP contribution in [-0.4, -0.2) is 21.6 Å². The van der Waals surface area contributed by atoms with E-state index in [-0.39, 0.29) is 18.2 Å². The Morgan fingerprint density at radius 1 is 1.00 bits per heavy atom. The average molecular weight is 413 g/mol. The first-order valence-corrected chi connectivity index (χ1v) is 9.45. The van der Waals surface area contributed by atoms with Gasteiger partial charge in [0.2, 0.25) is 11.8 Å². The molecule has 0 bridgehead atoms. The Hall–Kier alpha value is -2.83. The number of anilines is 2. The first-order valence-electron chi connectivity index (χ1n) is 8.69. The number of hydrogen-bond donors (Lipinski definition) is 2. The molecule has 5 rings (SSSR count). The predicted molar refractivity (Wildman–Crippen MR) is 107 cm³/mol. The summed E-state index contributed by atoms with van der Waals surface area (Å²) in [5.74, 6) is 0.0365. The summed E-state index contributed by atoms with van der Waals surface area (Å²) < 4.78 is 1.69. The van der Waals surface area contributed by atoms with Crippen molar-refractivity contribution in [3.8, 4) is 0 Å². The van der Waals surface area contributed by atoms with Crippen LogP contribution in [0.1, 0.15) is 23.1 Å². The van der Waals surface area contributed by atoms with Crippen LogP contribution in [0.5, 0.6) is 0 Å². The molecule has 3 aromatic rings. The lowest BCUT2D eigenvalue weighted by atomic mass is 9.72. The highest BCUT2D eigenvalue weighted by Crippen LogP contribution is 2.50. The number of carbonyl (C=O) groups is 2. The lowest BCUT2D eigenvalue weighted by molar-refractivity contribution is -0.125. The van der Waals surface area contributed by atoms with Crippen molar-refractivity contribution in [3.63, 3.8) is 0 Å². The maximum Gasteiger partial charge on any atom is 0.240 e. The molecule has 0 radical (unpaired) electrons.